The van der Waals surface area contributed by atoms with Crippen molar-refractivity contribution in [1.29, 1.82) is 0 Å². The molecule has 19 heavy (non-hydrogen) atoms. The number of fused-ring (bicyclic) bond motifs is 1. The van der Waals surface area contributed by atoms with Crippen LogP contribution in [0.15, 0.2) is 6.33 Å². The van der Waals surface area contributed by atoms with Crippen molar-refractivity contribution in [2.24, 2.45) is 5.73 Å². The van der Waals surface area contributed by atoms with Crippen LogP contribution in [-0.2, 0) is 17.2 Å². The molecule has 0 unspecified atom stereocenters. The second-order valence-corrected chi connectivity index (χ2v) is 3.80. The van der Waals surface area contributed by atoms with Crippen molar-refractivity contribution in [2.75, 3.05) is 13.7 Å². The molecule has 0 radical (unpaired) electrons. The molecule has 2 N–H and O–H groups in total. The van der Waals surface area contributed by atoms with Crippen molar-refractivity contribution in [3.63, 3.8) is 0 Å². The first kappa shape index (κ1) is 13.3. The number of alkyl halides is 1. The largest absolute Gasteiger partial charge is 0.479 e. The minimum absolute atomic E-state index is 0.108. The zero-order valence-electron chi connectivity index (χ0n) is 10.2. The van der Waals surface area contributed by atoms with Gasteiger partial charge in [-0.15, -0.1) is 11.6 Å². The van der Waals surface area contributed by atoms with Gasteiger partial charge in [0.2, 0.25) is 5.88 Å². The summed E-state index contributed by atoms with van der Waals surface area (Å²) >= 11 is 5.84. The average Bonchev–Trinajstić information content (AvgIpc) is 2.76. The Kier molecular flexibility index (Phi) is 4.00. The van der Waals surface area contributed by atoms with E-state index in [0.29, 0.717) is 29.4 Å². The van der Waals surface area contributed by atoms with E-state index in [1.807, 2.05) is 0 Å². The van der Waals surface area contributed by atoms with Crippen molar-refractivity contribution in [1.82, 2.24) is 19.5 Å². The molecule has 0 aliphatic carbocycles. The molecule has 0 atom stereocenters. The van der Waals surface area contributed by atoms with Crippen LogP contribution in [0.25, 0.3) is 11.2 Å². The fourth-order valence-corrected chi connectivity index (χ4v) is 1.89. The molecular weight excluding hydrogens is 274 g/mol. The molecule has 0 bridgehead atoms. The highest BCUT2D eigenvalue weighted by atomic mass is 35.5. The van der Waals surface area contributed by atoms with E-state index < -0.39 is 6.09 Å². The lowest BCUT2D eigenvalue weighted by Gasteiger charge is -2.06. The summed E-state index contributed by atoms with van der Waals surface area (Å²) in [4.78, 5) is 23.0. The lowest BCUT2D eigenvalue weighted by molar-refractivity contribution is 0.152. The molecule has 2 aromatic rings. The number of aromatic nitrogens is 4. The number of primary amides is 1. The van der Waals surface area contributed by atoms with Crippen molar-refractivity contribution in [3.05, 3.63) is 12.2 Å². The molecular formula is C10H12ClN5O3. The van der Waals surface area contributed by atoms with Crippen LogP contribution in [0.3, 0.4) is 0 Å². The first-order chi connectivity index (χ1) is 9.17. The molecule has 0 fully saturated rings. The van der Waals surface area contributed by atoms with E-state index >= 15 is 0 Å². The van der Waals surface area contributed by atoms with Crippen LogP contribution < -0.4 is 10.5 Å². The fourth-order valence-electron chi connectivity index (χ4n) is 1.68. The van der Waals surface area contributed by atoms with Crippen molar-refractivity contribution in [3.8, 4) is 5.88 Å². The first-order valence-electron chi connectivity index (χ1n) is 5.39. The summed E-state index contributed by atoms with van der Waals surface area (Å²) in [5, 5.41) is 0. The van der Waals surface area contributed by atoms with Gasteiger partial charge in [0.1, 0.15) is 18.8 Å². The number of rotatable bonds is 5. The summed E-state index contributed by atoms with van der Waals surface area (Å²) < 4.78 is 11.5. The lowest BCUT2D eigenvalue weighted by Crippen LogP contribution is -2.17. The maximum Gasteiger partial charge on any atom is 0.404 e. The van der Waals surface area contributed by atoms with Crippen LogP contribution in [0.5, 0.6) is 5.88 Å². The second kappa shape index (κ2) is 5.70. The number of hydrogen-bond acceptors (Lipinski definition) is 6. The zero-order chi connectivity index (χ0) is 13.8. The minimum atomic E-state index is -0.830. The molecule has 2 rings (SSSR count). The first-order valence-corrected chi connectivity index (χ1v) is 5.93. The van der Waals surface area contributed by atoms with Gasteiger partial charge in [0.15, 0.2) is 11.2 Å². The van der Waals surface area contributed by atoms with E-state index in [1.165, 1.54) is 13.4 Å². The highest BCUT2D eigenvalue weighted by molar-refractivity contribution is 6.16. The van der Waals surface area contributed by atoms with Gasteiger partial charge in [-0.1, -0.05) is 0 Å². The maximum absolute atomic E-state index is 10.5. The van der Waals surface area contributed by atoms with Crippen LogP contribution in [-0.4, -0.2) is 39.3 Å². The van der Waals surface area contributed by atoms with Crippen LogP contribution >= 0.6 is 11.6 Å². The Morgan fingerprint density at radius 1 is 1.53 bits per heavy atom. The fraction of sp³-hybridized carbons (Fsp3) is 0.400. The number of ether oxygens (including phenoxy) is 2. The van der Waals surface area contributed by atoms with Gasteiger partial charge in [-0.05, 0) is 0 Å². The molecule has 8 nitrogen and oxygen atoms in total. The molecule has 9 heteroatoms. The van der Waals surface area contributed by atoms with Gasteiger partial charge >= 0.3 is 6.09 Å². The second-order valence-electron chi connectivity index (χ2n) is 3.54. The topological polar surface area (TPSA) is 105 Å². The molecule has 0 aliphatic rings. The molecule has 0 spiro atoms. The van der Waals surface area contributed by atoms with Crippen molar-refractivity contribution in [2.45, 2.75) is 12.4 Å². The monoisotopic (exact) mass is 285 g/mol. The maximum atomic E-state index is 10.5. The summed E-state index contributed by atoms with van der Waals surface area (Å²) in [5.41, 5.74) is 5.98. The Morgan fingerprint density at radius 2 is 2.32 bits per heavy atom. The Hall–Kier alpha value is -2.09. The van der Waals surface area contributed by atoms with Crippen LogP contribution in [0.2, 0.25) is 0 Å². The molecule has 102 valence electrons. The Balaban J connectivity index is 2.37. The third-order valence-electron chi connectivity index (χ3n) is 2.45. The molecule has 0 saturated carbocycles. The van der Waals surface area contributed by atoms with Gasteiger partial charge in [0.25, 0.3) is 0 Å². The van der Waals surface area contributed by atoms with Gasteiger partial charge < -0.3 is 19.8 Å². The predicted octanol–water partition coefficient (Wildman–Crippen LogP) is 0.669. The summed E-state index contributed by atoms with van der Waals surface area (Å²) in [6.45, 7) is 0.457. The minimum Gasteiger partial charge on any atom is -0.479 e. The molecule has 1 amide bonds. The average molecular weight is 286 g/mol. The van der Waals surface area contributed by atoms with Gasteiger partial charge in [-0.2, -0.15) is 4.98 Å². The highest BCUT2D eigenvalue weighted by Gasteiger charge is 2.15. The summed E-state index contributed by atoms with van der Waals surface area (Å²) in [6, 6.07) is 0. The summed E-state index contributed by atoms with van der Waals surface area (Å²) in [7, 11) is 1.50. The van der Waals surface area contributed by atoms with Crippen molar-refractivity contribution < 1.29 is 14.3 Å². The smallest absolute Gasteiger partial charge is 0.404 e. The highest BCUT2D eigenvalue weighted by Crippen LogP contribution is 2.22. The van der Waals surface area contributed by atoms with Gasteiger partial charge in [-0.3, -0.25) is 0 Å². The number of carbonyl (C=O) groups excluding carboxylic acids is 1. The molecule has 2 aromatic heterocycles. The molecule has 0 aliphatic heterocycles. The number of methoxy groups -OCH3 is 1. The number of nitrogens with two attached hydrogens (primary N) is 1. The van der Waals surface area contributed by atoms with Gasteiger partial charge in [0.05, 0.1) is 19.5 Å². The molecule has 2 heterocycles. The zero-order valence-corrected chi connectivity index (χ0v) is 10.9. The van der Waals surface area contributed by atoms with Crippen molar-refractivity contribution >= 4 is 28.9 Å². The Bertz CT molecular complexity index is 600. The van der Waals surface area contributed by atoms with E-state index in [-0.39, 0.29) is 12.5 Å². The van der Waals surface area contributed by atoms with E-state index in [9.17, 15) is 4.79 Å². The van der Waals surface area contributed by atoms with Crippen LogP contribution in [0.1, 0.15) is 5.82 Å². The van der Waals surface area contributed by atoms with Gasteiger partial charge in [0, 0.05) is 0 Å². The Morgan fingerprint density at radius 3 is 2.95 bits per heavy atom. The quantitative estimate of drug-likeness (QED) is 0.809. The number of halogens is 1. The molecule has 0 saturated heterocycles. The van der Waals surface area contributed by atoms with Crippen LogP contribution in [0.4, 0.5) is 4.79 Å². The molecule has 0 aromatic carbocycles. The SMILES string of the molecule is COc1ncnc2c1nc(CCl)n2CCOC(N)=O. The van der Waals surface area contributed by atoms with E-state index in [1.54, 1.807) is 4.57 Å². The number of imidazole rings is 1. The standard InChI is InChI=1S/C10H12ClN5O3/c1-18-9-7-8(13-5-14-9)16(6(4-11)15-7)2-3-19-10(12)17/h5H,2-4H2,1H3,(H2,12,17). The van der Waals surface area contributed by atoms with Gasteiger partial charge in [-0.25, -0.2) is 14.8 Å². The normalized spacial score (nSPS) is 10.6. The number of hydrogen-bond donors (Lipinski definition) is 1. The predicted molar refractivity (Wildman–Crippen MR) is 67.0 cm³/mol. The van der Waals surface area contributed by atoms with E-state index in [4.69, 9.17) is 26.8 Å². The number of nitrogens with zero attached hydrogens (tertiary/aromatic N) is 4. The number of amides is 1. The summed E-state index contributed by atoms with van der Waals surface area (Å²) in [6.07, 6.45) is 0.538. The number of carbonyl (C=O) groups is 1. The lowest BCUT2D eigenvalue weighted by atomic mass is 10.5. The van der Waals surface area contributed by atoms with Crippen LogP contribution in [0, 0.1) is 0 Å². The third-order valence-corrected chi connectivity index (χ3v) is 2.69. The van der Waals surface area contributed by atoms with E-state index in [0.717, 1.165) is 0 Å². The van der Waals surface area contributed by atoms with E-state index in [2.05, 4.69) is 15.0 Å². The third kappa shape index (κ3) is 2.68. The summed E-state index contributed by atoms with van der Waals surface area (Å²) in [5.74, 6) is 1.14. The Labute approximate surface area is 113 Å².